The van der Waals surface area contributed by atoms with E-state index in [4.69, 9.17) is 4.74 Å². The monoisotopic (exact) mass is 409 g/mol. The quantitative estimate of drug-likeness (QED) is 0.618. The van der Waals surface area contributed by atoms with Crippen LogP contribution in [0.25, 0.3) is 11.3 Å². The van der Waals surface area contributed by atoms with Crippen LogP contribution in [-0.4, -0.2) is 23.4 Å². The molecule has 6 nitrogen and oxygen atoms in total. The average molecular weight is 410 g/mol. The minimum absolute atomic E-state index is 0.0783. The molecule has 29 heavy (non-hydrogen) atoms. The summed E-state index contributed by atoms with van der Waals surface area (Å²) < 4.78 is 5.72. The Balaban J connectivity index is 1.60. The minimum atomic E-state index is -0.258. The Morgan fingerprint density at radius 3 is 2.31 bits per heavy atom. The van der Waals surface area contributed by atoms with Gasteiger partial charge in [-0.15, -0.1) is 11.3 Å². The summed E-state index contributed by atoms with van der Waals surface area (Å²) in [6.45, 7) is 7.36. The van der Waals surface area contributed by atoms with E-state index in [2.05, 4.69) is 15.6 Å². The van der Waals surface area contributed by atoms with Crippen LogP contribution in [0, 0.1) is 20.8 Å². The summed E-state index contributed by atoms with van der Waals surface area (Å²) in [5, 5.41) is 7.89. The van der Waals surface area contributed by atoms with E-state index >= 15 is 0 Å². The Morgan fingerprint density at radius 2 is 1.69 bits per heavy atom. The van der Waals surface area contributed by atoms with Crippen molar-refractivity contribution >= 4 is 34.0 Å². The molecule has 0 unspecified atom stereocenters. The highest BCUT2D eigenvalue weighted by Gasteiger charge is 2.11. The molecule has 150 valence electrons. The summed E-state index contributed by atoms with van der Waals surface area (Å²) in [4.78, 5) is 27.8. The Hall–Kier alpha value is -3.19. The molecule has 2 aromatic carbocycles. The topological polar surface area (TPSA) is 80.3 Å². The van der Waals surface area contributed by atoms with Gasteiger partial charge in [0, 0.05) is 23.6 Å². The molecule has 7 heteroatoms. The highest BCUT2D eigenvalue weighted by molar-refractivity contribution is 7.14. The highest BCUT2D eigenvalue weighted by Crippen LogP contribution is 2.27. The Morgan fingerprint density at radius 1 is 1.03 bits per heavy atom. The van der Waals surface area contributed by atoms with Crippen LogP contribution in [0.5, 0.6) is 5.75 Å². The Bertz CT molecular complexity index is 1020. The summed E-state index contributed by atoms with van der Waals surface area (Å²) >= 11 is 1.35. The van der Waals surface area contributed by atoms with Crippen molar-refractivity contribution < 1.29 is 14.3 Å². The maximum Gasteiger partial charge on any atom is 0.264 e. The van der Waals surface area contributed by atoms with Gasteiger partial charge >= 0.3 is 0 Å². The van der Waals surface area contributed by atoms with Gasteiger partial charge in [-0.05, 0) is 44.0 Å². The number of rotatable bonds is 6. The van der Waals surface area contributed by atoms with Gasteiger partial charge in [-0.1, -0.05) is 29.8 Å². The standard InChI is InChI=1S/C22H23N3O3S/c1-13-9-14(2)21(15(3)10-13)28-11-20(27)25-22-24-19(12-29-22)17-5-7-18(8-6-17)23-16(4)26/h5-10,12H,11H2,1-4H3,(H,23,26)(H,24,25,27). The fraction of sp³-hybridized carbons (Fsp3) is 0.227. The molecule has 0 saturated heterocycles. The summed E-state index contributed by atoms with van der Waals surface area (Å²) in [5.41, 5.74) is 5.56. The van der Waals surface area contributed by atoms with Crippen molar-refractivity contribution in [3.63, 3.8) is 0 Å². The predicted molar refractivity (Wildman–Crippen MR) is 117 cm³/mol. The smallest absolute Gasteiger partial charge is 0.264 e. The van der Waals surface area contributed by atoms with Crippen LogP contribution in [0.3, 0.4) is 0 Å². The maximum absolute atomic E-state index is 12.3. The Labute approximate surface area is 173 Å². The van der Waals surface area contributed by atoms with Crippen molar-refractivity contribution in [2.45, 2.75) is 27.7 Å². The highest BCUT2D eigenvalue weighted by atomic mass is 32.1. The van der Waals surface area contributed by atoms with Crippen LogP contribution in [0.4, 0.5) is 10.8 Å². The van der Waals surface area contributed by atoms with Crippen LogP contribution in [0.1, 0.15) is 23.6 Å². The second-order valence-electron chi connectivity index (χ2n) is 6.86. The molecule has 2 amide bonds. The van der Waals surface area contributed by atoms with Gasteiger partial charge in [-0.2, -0.15) is 0 Å². The molecule has 0 radical (unpaired) electrons. The van der Waals surface area contributed by atoms with E-state index < -0.39 is 0 Å². The molecular weight excluding hydrogens is 386 g/mol. The normalized spacial score (nSPS) is 10.5. The number of benzene rings is 2. The molecule has 0 atom stereocenters. The molecule has 2 N–H and O–H groups in total. The van der Waals surface area contributed by atoms with Gasteiger partial charge in [0.1, 0.15) is 5.75 Å². The number of carbonyl (C=O) groups excluding carboxylic acids is 2. The number of hydrogen-bond acceptors (Lipinski definition) is 5. The van der Waals surface area contributed by atoms with Crippen LogP contribution in [0.2, 0.25) is 0 Å². The first kappa shape index (κ1) is 20.5. The van der Waals surface area contributed by atoms with Crippen LogP contribution in [-0.2, 0) is 9.59 Å². The SMILES string of the molecule is CC(=O)Nc1ccc(-c2csc(NC(=O)COc3c(C)cc(C)cc3C)n2)cc1. The summed E-state index contributed by atoms with van der Waals surface area (Å²) in [6, 6.07) is 11.4. The fourth-order valence-corrected chi connectivity index (χ4v) is 3.81. The molecule has 0 aliphatic rings. The van der Waals surface area contributed by atoms with Crippen LogP contribution in [0.15, 0.2) is 41.8 Å². The van der Waals surface area contributed by atoms with E-state index in [0.717, 1.165) is 39.4 Å². The second-order valence-corrected chi connectivity index (χ2v) is 7.72. The van der Waals surface area contributed by atoms with Gasteiger partial charge in [0.05, 0.1) is 5.69 Å². The lowest BCUT2D eigenvalue weighted by Gasteiger charge is -2.12. The molecule has 0 aliphatic carbocycles. The lowest BCUT2D eigenvalue weighted by molar-refractivity contribution is -0.118. The zero-order valence-electron chi connectivity index (χ0n) is 16.8. The van der Waals surface area contributed by atoms with Crippen molar-refractivity contribution in [3.05, 3.63) is 58.5 Å². The second kappa shape index (κ2) is 8.87. The van der Waals surface area contributed by atoms with Crippen molar-refractivity contribution in [2.24, 2.45) is 0 Å². The molecule has 0 aliphatic heterocycles. The van der Waals surface area contributed by atoms with Crippen LogP contribution < -0.4 is 15.4 Å². The number of anilines is 2. The zero-order valence-corrected chi connectivity index (χ0v) is 17.6. The van der Waals surface area contributed by atoms with Crippen molar-refractivity contribution in [3.8, 4) is 17.0 Å². The predicted octanol–water partition coefficient (Wildman–Crippen LogP) is 4.71. The summed E-state index contributed by atoms with van der Waals surface area (Å²) in [7, 11) is 0. The summed E-state index contributed by atoms with van der Waals surface area (Å²) in [6.07, 6.45) is 0. The lowest BCUT2D eigenvalue weighted by Crippen LogP contribution is -2.20. The largest absolute Gasteiger partial charge is 0.483 e. The number of aromatic nitrogens is 1. The van der Waals surface area contributed by atoms with Gasteiger partial charge in [0.15, 0.2) is 11.7 Å². The van der Waals surface area contributed by atoms with Gasteiger partial charge in [-0.25, -0.2) is 4.98 Å². The molecule has 3 rings (SSSR count). The van der Waals surface area contributed by atoms with Crippen molar-refractivity contribution in [1.82, 2.24) is 4.98 Å². The number of hydrogen-bond donors (Lipinski definition) is 2. The van der Waals surface area contributed by atoms with E-state index in [1.807, 2.05) is 62.5 Å². The first-order valence-electron chi connectivity index (χ1n) is 9.16. The van der Waals surface area contributed by atoms with Crippen LogP contribution >= 0.6 is 11.3 Å². The van der Waals surface area contributed by atoms with E-state index in [9.17, 15) is 9.59 Å². The minimum Gasteiger partial charge on any atom is -0.483 e. The van der Waals surface area contributed by atoms with Gasteiger partial charge < -0.3 is 10.1 Å². The first-order valence-corrected chi connectivity index (χ1v) is 10.0. The number of nitrogens with zero attached hydrogens (tertiary/aromatic N) is 1. The van der Waals surface area contributed by atoms with E-state index in [1.165, 1.54) is 18.3 Å². The third kappa shape index (κ3) is 5.42. The molecular formula is C22H23N3O3S. The number of carbonyl (C=O) groups is 2. The van der Waals surface area contributed by atoms with Gasteiger partial charge in [0.25, 0.3) is 5.91 Å². The van der Waals surface area contributed by atoms with E-state index in [1.54, 1.807) is 0 Å². The molecule has 1 aromatic heterocycles. The molecule has 1 heterocycles. The number of amides is 2. The van der Waals surface area contributed by atoms with Crippen molar-refractivity contribution in [2.75, 3.05) is 17.2 Å². The zero-order chi connectivity index (χ0) is 21.0. The van der Waals surface area contributed by atoms with E-state index in [0.29, 0.717) is 5.13 Å². The molecule has 0 fully saturated rings. The van der Waals surface area contributed by atoms with Gasteiger partial charge in [-0.3, -0.25) is 14.9 Å². The molecule has 0 spiro atoms. The maximum atomic E-state index is 12.3. The van der Waals surface area contributed by atoms with Crippen molar-refractivity contribution in [1.29, 1.82) is 0 Å². The van der Waals surface area contributed by atoms with Gasteiger partial charge in [0.2, 0.25) is 5.91 Å². The molecule has 3 aromatic rings. The number of thiazole rings is 1. The third-order valence-electron chi connectivity index (χ3n) is 4.20. The molecule has 0 saturated carbocycles. The average Bonchev–Trinajstić information content (AvgIpc) is 3.09. The number of nitrogens with one attached hydrogen (secondary N) is 2. The number of ether oxygens (including phenoxy) is 1. The number of aryl methyl sites for hydroxylation is 3. The Kier molecular flexibility index (Phi) is 6.29. The van der Waals surface area contributed by atoms with E-state index in [-0.39, 0.29) is 18.4 Å². The lowest BCUT2D eigenvalue weighted by atomic mass is 10.1. The molecule has 0 bridgehead atoms. The summed E-state index contributed by atoms with van der Waals surface area (Å²) in [5.74, 6) is 0.366. The first-order chi connectivity index (χ1) is 13.8. The fourth-order valence-electron chi connectivity index (χ4n) is 3.08. The third-order valence-corrected chi connectivity index (χ3v) is 4.96.